The van der Waals surface area contributed by atoms with Crippen molar-refractivity contribution in [3.63, 3.8) is 0 Å². The fourth-order valence-electron chi connectivity index (χ4n) is 4.52. The number of benzene rings is 3. The van der Waals surface area contributed by atoms with Crippen molar-refractivity contribution in [2.24, 2.45) is 0 Å². The van der Waals surface area contributed by atoms with Crippen LogP contribution in [-0.2, 0) is 0 Å². The molecule has 6 rings (SSSR count). The molecular weight excluding hydrogens is 560 g/mol. The van der Waals surface area contributed by atoms with Crippen molar-refractivity contribution >= 4 is 88.7 Å². The molecule has 0 saturated heterocycles. The summed E-state index contributed by atoms with van der Waals surface area (Å²) in [7, 11) is -0.674. The third-order valence-corrected chi connectivity index (χ3v) is 11.8. The predicted octanol–water partition coefficient (Wildman–Crippen LogP) is 9.94. The second kappa shape index (κ2) is 13.4. The molecule has 0 amide bonds. The molecule has 1 atom stereocenters. The van der Waals surface area contributed by atoms with Crippen LogP contribution in [0.5, 0.6) is 0 Å². The van der Waals surface area contributed by atoms with Crippen molar-refractivity contribution in [3.05, 3.63) is 152 Å². The molecule has 3 heterocycles. The lowest BCUT2D eigenvalue weighted by Gasteiger charge is -2.20. The number of rotatable bonds is 9. The Morgan fingerprint density at radius 2 is 1.02 bits per heavy atom. The summed E-state index contributed by atoms with van der Waals surface area (Å²) in [6.45, 7) is 0. The Balaban J connectivity index is 1.27. The predicted molar refractivity (Wildman–Crippen MR) is 186 cm³/mol. The van der Waals surface area contributed by atoms with Gasteiger partial charge in [-0.2, -0.15) is 0 Å². The summed E-state index contributed by atoms with van der Waals surface area (Å²) in [5.41, 5.74) is 3.70. The van der Waals surface area contributed by atoms with Crippen molar-refractivity contribution < 1.29 is 0 Å². The van der Waals surface area contributed by atoms with Crippen LogP contribution in [0, 0.1) is 0 Å². The SMILES string of the molecule is C1=CSC(/C=C/c2ccc(P(c3ccc(/C=C/c4cccs4)cc3)c3ccc(/C=C/c4cccs4)cc3)cc2)C1. The molecule has 1 aliphatic rings. The maximum absolute atomic E-state index is 2.33. The minimum Gasteiger partial charge on any atom is -0.144 e. The van der Waals surface area contributed by atoms with Crippen LogP contribution in [0.1, 0.15) is 32.9 Å². The molecule has 0 radical (unpaired) electrons. The number of hydrogen-bond acceptors (Lipinski definition) is 3. The third kappa shape index (κ3) is 7.11. The highest BCUT2D eigenvalue weighted by Gasteiger charge is 2.16. The Morgan fingerprint density at radius 1 is 0.550 bits per heavy atom. The van der Waals surface area contributed by atoms with Crippen LogP contribution in [0.3, 0.4) is 0 Å². The fraction of sp³-hybridized carbons (Fsp3) is 0.0556. The molecule has 3 aromatic carbocycles. The van der Waals surface area contributed by atoms with E-state index in [1.165, 1.54) is 42.4 Å². The summed E-state index contributed by atoms with van der Waals surface area (Å²) in [5, 5.41) is 11.1. The molecule has 0 nitrogen and oxygen atoms in total. The second-order valence-electron chi connectivity index (χ2n) is 9.45. The maximum Gasteiger partial charge on any atom is 0.0306 e. The van der Waals surface area contributed by atoms with E-state index in [0.29, 0.717) is 5.25 Å². The van der Waals surface area contributed by atoms with Gasteiger partial charge in [0.05, 0.1) is 0 Å². The van der Waals surface area contributed by atoms with Crippen LogP contribution in [0.2, 0.25) is 0 Å². The molecule has 4 heteroatoms. The first-order chi connectivity index (χ1) is 19.8. The summed E-state index contributed by atoms with van der Waals surface area (Å²) in [6.07, 6.45) is 16.8. The van der Waals surface area contributed by atoms with Crippen LogP contribution in [0.4, 0.5) is 0 Å². The Kier molecular flexibility index (Phi) is 9.07. The highest BCUT2D eigenvalue weighted by atomic mass is 32.2. The summed E-state index contributed by atoms with van der Waals surface area (Å²) in [6, 6.07) is 35.9. The summed E-state index contributed by atoms with van der Waals surface area (Å²) < 4.78 is 0. The lowest BCUT2D eigenvalue weighted by molar-refractivity contribution is 1.10. The molecule has 1 aliphatic heterocycles. The number of thioether (sulfide) groups is 1. The van der Waals surface area contributed by atoms with Gasteiger partial charge in [0.15, 0.2) is 0 Å². The number of thiophene rings is 2. The minimum atomic E-state index is -0.674. The van der Waals surface area contributed by atoms with Gasteiger partial charge in [-0.15, -0.1) is 34.4 Å². The smallest absolute Gasteiger partial charge is 0.0306 e. The zero-order valence-electron chi connectivity index (χ0n) is 22.0. The Hall–Kier alpha value is -3.20. The van der Waals surface area contributed by atoms with Crippen LogP contribution >= 0.6 is 42.4 Å². The molecular formula is C36H29PS3. The topological polar surface area (TPSA) is 0 Å². The normalized spacial score (nSPS) is 15.4. The Morgan fingerprint density at radius 3 is 1.43 bits per heavy atom. The number of allylic oxidation sites excluding steroid dienone is 1. The van der Waals surface area contributed by atoms with Gasteiger partial charge in [-0.3, -0.25) is 0 Å². The van der Waals surface area contributed by atoms with Gasteiger partial charge in [-0.05, 0) is 87.4 Å². The van der Waals surface area contributed by atoms with Gasteiger partial charge in [0, 0.05) is 15.0 Å². The van der Waals surface area contributed by atoms with Crippen LogP contribution in [0.25, 0.3) is 30.4 Å². The first-order valence-electron chi connectivity index (χ1n) is 13.3. The average Bonchev–Trinajstić information content (AvgIpc) is 3.81. The van der Waals surface area contributed by atoms with Crippen molar-refractivity contribution in [1.82, 2.24) is 0 Å². The summed E-state index contributed by atoms with van der Waals surface area (Å²) in [5.74, 6) is 0. The Labute approximate surface area is 250 Å². The van der Waals surface area contributed by atoms with Crippen molar-refractivity contribution in [1.29, 1.82) is 0 Å². The van der Waals surface area contributed by atoms with E-state index in [9.17, 15) is 0 Å². The summed E-state index contributed by atoms with van der Waals surface area (Å²) in [4.78, 5) is 2.55. The molecule has 0 saturated carbocycles. The molecule has 40 heavy (non-hydrogen) atoms. The molecule has 0 spiro atoms. The van der Waals surface area contributed by atoms with E-state index in [0.717, 1.165) is 6.42 Å². The Bertz CT molecular complexity index is 1510. The van der Waals surface area contributed by atoms with Gasteiger partial charge in [0.2, 0.25) is 0 Å². The fourth-order valence-corrected chi connectivity index (χ4v) is 8.81. The highest BCUT2D eigenvalue weighted by molar-refractivity contribution is 8.03. The van der Waals surface area contributed by atoms with Crippen LogP contribution in [0.15, 0.2) is 125 Å². The van der Waals surface area contributed by atoms with Gasteiger partial charge < -0.3 is 0 Å². The molecule has 0 N–H and O–H groups in total. The first-order valence-corrected chi connectivity index (χ1v) is 17.4. The van der Waals surface area contributed by atoms with E-state index in [1.54, 1.807) is 22.7 Å². The van der Waals surface area contributed by atoms with Gasteiger partial charge in [-0.1, -0.05) is 115 Å². The molecule has 1 unspecified atom stereocenters. The van der Waals surface area contributed by atoms with Gasteiger partial charge in [0.1, 0.15) is 0 Å². The highest BCUT2D eigenvalue weighted by Crippen LogP contribution is 2.34. The van der Waals surface area contributed by atoms with E-state index in [-0.39, 0.29) is 0 Å². The van der Waals surface area contributed by atoms with Crippen molar-refractivity contribution in [2.45, 2.75) is 11.7 Å². The molecule has 5 aromatic rings. The zero-order valence-corrected chi connectivity index (χ0v) is 25.3. The van der Waals surface area contributed by atoms with Crippen molar-refractivity contribution in [3.8, 4) is 0 Å². The van der Waals surface area contributed by atoms with E-state index in [4.69, 9.17) is 0 Å². The second-order valence-corrected chi connectivity index (χ2v) is 14.8. The summed E-state index contributed by atoms with van der Waals surface area (Å²) >= 11 is 5.43. The lowest BCUT2D eigenvalue weighted by Crippen LogP contribution is -2.20. The monoisotopic (exact) mass is 588 g/mol. The van der Waals surface area contributed by atoms with Crippen molar-refractivity contribution in [2.75, 3.05) is 0 Å². The molecule has 0 bridgehead atoms. The average molecular weight is 589 g/mol. The molecule has 0 aliphatic carbocycles. The first kappa shape index (κ1) is 27.0. The quantitative estimate of drug-likeness (QED) is 0.154. The van der Waals surface area contributed by atoms with Gasteiger partial charge in [0.25, 0.3) is 0 Å². The zero-order chi connectivity index (χ0) is 27.0. The van der Waals surface area contributed by atoms with E-state index in [1.807, 2.05) is 11.8 Å². The van der Waals surface area contributed by atoms with Gasteiger partial charge >= 0.3 is 0 Å². The van der Waals surface area contributed by atoms with E-state index >= 15 is 0 Å². The molecule has 2 aromatic heterocycles. The standard InChI is InChI=1S/C36H29PS3/c1-4-34(38-25-1)22-13-28-7-16-31(17-8-28)37(32-18-9-29(10-19-32)14-23-35-5-2-26-39-35)33-20-11-30(12-21-33)15-24-36-6-3-27-40-36/h1-5,7-27,36H,6H2/b22-13+,23-14+,24-15+. The van der Waals surface area contributed by atoms with E-state index < -0.39 is 7.92 Å². The lowest BCUT2D eigenvalue weighted by atomic mass is 10.2. The van der Waals surface area contributed by atoms with Crippen LogP contribution < -0.4 is 15.9 Å². The molecule has 196 valence electrons. The largest absolute Gasteiger partial charge is 0.144 e. The maximum atomic E-state index is 2.33. The number of hydrogen-bond donors (Lipinski definition) is 0. The van der Waals surface area contributed by atoms with Gasteiger partial charge in [-0.25, -0.2) is 0 Å². The van der Waals surface area contributed by atoms with Crippen LogP contribution in [-0.4, -0.2) is 5.25 Å². The molecule has 0 fully saturated rings. The minimum absolute atomic E-state index is 0.566. The third-order valence-electron chi connectivity index (χ3n) is 6.64. The van der Waals surface area contributed by atoms with E-state index in [2.05, 4.69) is 156 Å².